The van der Waals surface area contributed by atoms with E-state index in [0.29, 0.717) is 32.3 Å². The normalized spacial score (nSPS) is 14.7. The third kappa shape index (κ3) is 5.09. The maximum atomic E-state index is 12.5. The summed E-state index contributed by atoms with van der Waals surface area (Å²) in [5.74, 6) is 0.276. The van der Waals surface area contributed by atoms with Crippen LogP contribution in [-0.4, -0.2) is 67.7 Å². The van der Waals surface area contributed by atoms with Crippen LogP contribution in [0, 0.1) is 0 Å². The van der Waals surface area contributed by atoms with Gasteiger partial charge in [-0.1, -0.05) is 11.3 Å². The summed E-state index contributed by atoms with van der Waals surface area (Å²) in [4.78, 5) is 29.4. The molecule has 0 aromatic carbocycles. The van der Waals surface area contributed by atoms with Crippen LogP contribution in [0.15, 0.2) is 10.4 Å². The molecule has 0 radical (unpaired) electrons. The van der Waals surface area contributed by atoms with E-state index in [1.807, 2.05) is 4.90 Å². The van der Waals surface area contributed by atoms with Crippen LogP contribution >= 0.6 is 11.3 Å². The highest BCUT2D eigenvalue weighted by Crippen LogP contribution is 2.23. The number of sulfonamides is 1. The molecule has 2 aromatic rings. The van der Waals surface area contributed by atoms with Gasteiger partial charge < -0.3 is 19.7 Å². The largest absolute Gasteiger partial charge is 0.467 e. The van der Waals surface area contributed by atoms with Crippen LogP contribution in [0.1, 0.15) is 12.7 Å². The Morgan fingerprint density at radius 2 is 2.07 bits per heavy atom. The topological polar surface area (TPSA) is 149 Å². The van der Waals surface area contributed by atoms with Crippen LogP contribution in [0.25, 0.3) is 0 Å². The minimum Gasteiger partial charge on any atom is -0.467 e. The zero-order chi connectivity index (χ0) is 20.1. The molecule has 0 unspecified atom stereocenters. The van der Waals surface area contributed by atoms with Crippen LogP contribution in [0.4, 0.5) is 11.1 Å². The zero-order valence-corrected chi connectivity index (χ0v) is 16.8. The van der Waals surface area contributed by atoms with E-state index < -0.39 is 10.0 Å². The van der Waals surface area contributed by atoms with E-state index in [-0.39, 0.29) is 33.6 Å². The van der Waals surface area contributed by atoms with Crippen molar-refractivity contribution in [2.24, 2.45) is 0 Å². The first-order valence-electron chi connectivity index (χ1n) is 8.22. The molecule has 0 saturated carbocycles. The Morgan fingerprint density at radius 1 is 1.32 bits per heavy atom. The molecule has 28 heavy (non-hydrogen) atoms. The number of aromatic nitrogens is 4. The quantitative estimate of drug-likeness (QED) is 0.596. The third-order valence-electron chi connectivity index (χ3n) is 3.58. The van der Waals surface area contributed by atoms with Crippen molar-refractivity contribution in [3.63, 3.8) is 0 Å². The molecule has 2 aromatic heterocycles. The van der Waals surface area contributed by atoms with Gasteiger partial charge in [0.2, 0.25) is 11.9 Å². The van der Waals surface area contributed by atoms with E-state index in [1.165, 1.54) is 20.2 Å². The number of nitrogens with zero attached hydrogens (tertiary/aromatic N) is 5. The second-order valence-corrected chi connectivity index (χ2v) is 8.65. The van der Waals surface area contributed by atoms with Crippen molar-refractivity contribution >= 4 is 38.3 Å². The van der Waals surface area contributed by atoms with E-state index >= 15 is 0 Å². The molecule has 0 bridgehead atoms. The number of nitrogens with one attached hydrogen (secondary N) is 2. The molecule has 1 saturated heterocycles. The molecule has 1 aliphatic rings. The van der Waals surface area contributed by atoms with Gasteiger partial charge in [-0.15, -0.1) is 0 Å². The van der Waals surface area contributed by atoms with E-state index in [9.17, 15) is 13.2 Å². The fourth-order valence-electron chi connectivity index (χ4n) is 2.28. The Hall–Kier alpha value is -2.42. The molecule has 12 nitrogen and oxygen atoms in total. The predicted octanol–water partition coefficient (Wildman–Crippen LogP) is -0.390. The first-order chi connectivity index (χ1) is 13.4. The number of amides is 1. The monoisotopic (exact) mass is 429 g/mol. The summed E-state index contributed by atoms with van der Waals surface area (Å²) >= 11 is 0.843. The number of ether oxygens (including phenoxy) is 2. The van der Waals surface area contributed by atoms with Crippen molar-refractivity contribution in [3.8, 4) is 6.01 Å². The molecule has 3 rings (SSSR count). The molecule has 1 aliphatic heterocycles. The summed E-state index contributed by atoms with van der Waals surface area (Å²) in [7, 11) is -2.43. The lowest BCUT2D eigenvalue weighted by Crippen LogP contribution is -2.37. The van der Waals surface area contributed by atoms with Crippen LogP contribution in [-0.2, 0) is 26.1 Å². The number of methoxy groups -OCH3 is 1. The fourth-order valence-corrected chi connectivity index (χ4v) is 4.39. The number of hydrogen-bond acceptors (Lipinski definition) is 11. The van der Waals surface area contributed by atoms with Crippen molar-refractivity contribution in [2.45, 2.75) is 17.7 Å². The van der Waals surface area contributed by atoms with Crippen molar-refractivity contribution in [1.82, 2.24) is 24.7 Å². The predicted molar refractivity (Wildman–Crippen MR) is 99.9 cm³/mol. The van der Waals surface area contributed by atoms with Crippen LogP contribution in [0.2, 0.25) is 0 Å². The van der Waals surface area contributed by atoms with Gasteiger partial charge in [-0.2, -0.15) is 15.0 Å². The van der Waals surface area contributed by atoms with Crippen LogP contribution in [0.3, 0.4) is 0 Å². The minimum atomic E-state index is -3.85. The Bertz CT molecular complexity index is 943. The molecule has 0 spiro atoms. The van der Waals surface area contributed by atoms with Gasteiger partial charge in [-0.05, 0) is 0 Å². The summed E-state index contributed by atoms with van der Waals surface area (Å²) in [6.07, 6.45) is 1.17. The highest BCUT2D eigenvalue weighted by atomic mass is 32.2. The molecule has 2 N–H and O–H groups in total. The van der Waals surface area contributed by atoms with Gasteiger partial charge in [-0.25, -0.2) is 18.1 Å². The van der Waals surface area contributed by atoms with E-state index in [2.05, 4.69) is 30.0 Å². The lowest BCUT2D eigenvalue weighted by Gasteiger charge is -2.26. The summed E-state index contributed by atoms with van der Waals surface area (Å²) in [5.41, 5.74) is 0. The second kappa shape index (κ2) is 8.72. The number of carbonyl (C=O) groups is 1. The van der Waals surface area contributed by atoms with Crippen LogP contribution in [0.5, 0.6) is 6.01 Å². The van der Waals surface area contributed by atoms with E-state index in [1.54, 1.807) is 0 Å². The summed E-state index contributed by atoms with van der Waals surface area (Å²) in [6, 6.07) is 0.0939. The molecule has 0 aliphatic carbocycles. The van der Waals surface area contributed by atoms with Gasteiger partial charge in [0.25, 0.3) is 10.0 Å². The highest BCUT2D eigenvalue weighted by Gasteiger charge is 2.21. The molecular weight excluding hydrogens is 410 g/mol. The number of rotatable bonds is 7. The Labute approximate surface area is 165 Å². The van der Waals surface area contributed by atoms with Gasteiger partial charge in [0.05, 0.1) is 33.1 Å². The van der Waals surface area contributed by atoms with E-state index in [4.69, 9.17) is 9.47 Å². The average molecular weight is 429 g/mol. The van der Waals surface area contributed by atoms with Gasteiger partial charge in [-0.3, -0.25) is 4.79 Å². The van der Waals surface area contributed by atoms with Gasteiger partial charge in [0, 0.05) is 20.0 Å². The molecule has 1 amide bonds. The minimum absolute atomic E-state index is 0.0364. The summed E-state index contributed by atoms with van der Waals surface area (Å²) < 4.78 is 37.7. The second-order valence-electron chi connectivity index (χ2n) is 5.63. The molecular formula is C14H19N7O5S2. The number of morpholine rings is 1. The molecule has 1 fully saturated rings. The fraction of sp³-hybridized carbons (Fsp3) is 0.500. The molecule has 0 atom stereocenters. The summed E-state index contributed by atoms with van der Waals surface area (Å²) in [5, 5.41) is 2.64. The van der Waals surface area contributed by atoms with Crippen molar-refractivity contribution in [3.05, 3.63) is 12.0 Å². The first kappa shape index (κ1) is 20.3. The standard InChI is InChI=1S/C14H19N7O5S2/c1-9(22)17-14-15-8-11(27-14)28(23,24)16-7-10-18-12(20-13(19-10)25-2)21-3-5-26-6-4-21/h8,16H,3-7H2,1-2H3,(H,15,17,22). The Balaban J connectivity index is 1.73. The highest BCUT2D eigenvalue weighted by molar-refractivity contribution is 7.91. The lowest BCUT2D eigenvalue weighted by atomic mass is 10.4. The van der Waals surface area contributed by atoms with Crippen molar-refractivity contribution < 1.29 is 22.7 Å². The summed E-state index contributed by atoms with van der Waals surface area (Å²) in [6.45, 7) is 3.49. The Kier molecular flexibility index (Phi) is 6.33. The van der Waals surface area contributed by atoms with Crippen molar-refractivity contribution in [1.29, 1.82) is 0 Å². The number of thiazole rings is 1. The third-order valence-corrected chi connectivity index (χ3v) is 6.35. The number of carbonyl (C=O) groups excluding carboxylic acids is 1. The van der Waals surface area contributed by atoms with Gasteiger partial charge in [0.15, 0.2) is 15.2 Å². The average Bonchev–Trinajstić information content (AvgIpc) is 3.15. The zero-order valence-electron chi connectivity index (χ0n) is 15.2. The molecule has 14 heteroatoms. The number of anilines is 2. The Morgan fingerprint density at radius 3 is 2.75 bits per heavy atom. The maximum absolute atomic E-state index is 12.5. The van der Waals surface area contributed by atoms with Crippen molar-refractivity contribution in [2.75, 3.05) is 43.6 Å². The lowest BCUT2D eigenvalue weighted by molar-refractivity contribution is -0.114. The maximum Gasteiger partial charge on any atom is 0.321 e. The van der Waals surface area contributed by atoms with Gasteiger partial charge >= 0.3 is 6.01 Å². The smallest absolute Gasteiger partial charge is 0.321 e. The molecule has 152 valence electrons. The SMILES string of the molecule is COc1nc(CNS(=O)(=O)c2cnc(NC(C)=O)s2)nc(N2CCOCC2)n1. The van der Waals surface area contributed by atoms with Gasteiger partial charge in [0.1, 0.15) is 0 Å². The van der Waals surface area contributed by atoms with E-state index in [0.717, 1.165) is 11.3 Å². The van der Waals surface area contributed by atoms with Crippen LogP contribution < -0.4 is 19.7 Å². The number of hydrogen-bond donors (Lipinski definition) is 2. The first-order valence-corrected chi connectivity index (χ1v) is 10.5. The molecule has 3 heterocycles.